The summed E-state index contributed by atoms with van der Waals surface area (Å²) in [5, 5.41) is 11.5. The number of benzene rings is 1. The normalized spacial score (nSPS) is 18.5. The number of carbonyl (C=O) groups excluding carboxylic acids is 1. The van der Waals surface area contributed by atoms with Crippen LogP contribution in [0.15, 0.2) is 24.3 Å². The minimum atomic E-state index is -4.45. The molecule has 0 saturated carbocycles. The number of hydrogen-bond donors (Lipinski definition) is 0. The van der Waals surface area contributed by atoms with Gasteiger partial charge in [0.15, 0.2) is 5.82 Å². The van der Waals surface area contributed by atoms with Crippen molar-refractivity contribution >= 4 is 6.09 Å². The van der Waals surface area contributed by atoms with E-state index in [0.29, 0.717) is 32.0 Å². The SMILES string of the molecule is C[C@@H]1CN(C(=O)OC(C)(C)C)CCN1Cc1nnnn1-c1cccc(C(F)(F)F)c1. The fourth-order valence-corrected chi connectivity index (χ4v) is 3.22. The lowest BCUT2D eigenvalue weighted by atomic mass is 10.2. The summed E-state index contributed by atoms with van der Waals surface area (Å²) in [4.78, 5) is 16.0. The summed E-state index contributed by atoms with van der Waals surface area (Å²) in [6.07, 6.45) is -4.81. The van der Waals surface area contributed by atoms with Gasteiger partial charge in [-0.05, 0) is 56.3 Å². The molecular formula is C19H25F3N6O2. The molecule has 1 amide bonds. The number of carbonyl (C=O) groups is 1. The van der Waals surface area contributed by atoms with Gasteiger partial charge in [0, 0.05) is 25.7 Å². The molecule has 1 aliphatic heterocycles. The van der Waals surface area contributed by atoms with Crippen LogP contribution in [0.4, 0.5) is 18.0 Å². The van der Waals surface area contributed by atoms with Crippen LogP contribution in [0, 0.1) is 0 Å². The van der Waals surface area contributed by atoms with Crippen LogP contribution < -0.4 is 0 Å². The quantitative estimate of drug-likeness (QED) is 0.751. The van der Waals surface area contributed by atoms with Crippen molar-refractivity contribution in [2.45, 2.75) is 52.1 Å². The minimum Gasteiger partial charge on any atom is -0.444 e. The number of piperazine rings is 1. The summed E-state index contributed by atoms with van der Waals surface area (Å²) in [7, 11) is 0. The van der Waals surface area contributed by atoms with Crippen molar-refractivity contribution in [1.82, 2.24) is 30.0 Å². The van der Waals surface area contributed by atoms with E-state index in [1.807, 2.05) is 27.7 Å². The Hall–Kier alpha value is -2.69. The highest BCUT2D eigenvalue weighted by Gasteiger charge is 2.32. The van der Waals surface area contributed by atoms with Crippen molar-refractivity contribution in [2.75, 3.05) is 19.6 Å². The molecule has 3 rings (SSSR count). The van der Waals surface area contributed by atoms with Gasteiger partial charge < -0.3 is 9.64 Å². The van der Waals surface area contributed by atoms with Crippen molar-refractivity contribution in [1.29, 1.82) is 0 Å². The Kier molecular flexibility index (Phi) is 6.02. The molecular weight excluding hydrogens is 401 g/mol. The van der Waals surface area contributed by atoms with Gasteiger partial charge in [0.05, 0.1) is 17.8 Å². The van der Waals surface area contributed by atoms with Gasteiger partial charge in [0.1, 0.15) is 5.60 Å². The molecule has 1 atom stereocenters. The van der Waals surface area contributed by atoms with E-state index in [1.54, 1.807) is 4.90 Å². The van der Waals surface area contributed by atoms with E-state index in [4.69, 9.17) is 4.74 Å². The Balaban J connectivity index is 1.70. The molecule has 0 aliphatic carbocycles. The van der Waals surface area contributed by atoms with Crippen LogP contribution in [0.1, 0.15) is 39.1 Å². The monoisotopic (exact) mass is 426 g/mol. The number of nitrogens with zero attached hydrogens (tertiary/aromatic N) is 6. The zero-order chi connectivity index (χ0) is 22.1. The van der Waals surface area contributed by atoms with Gasteiger partial charge in [-0.1, -0.05) is 6.07 Å². The van der Waals surface area contributed by atoms with Crippen molar-refractivity contribution < 1.29 is 22.7 Å². The maximum Gasteiger partial charge on any atom is 0.416 e. The lowest BCUT2D eigenvalue weighted by Gasteiger charge is -2.39. The summed E-state index contributed by atoms with van der Waals surface area (Å²) in [5.74, 6) is 0.423. The second kappa shape index (κ2) is 8.21. The smallest absolute Gasteiger partial charge is 0.416 e. The summed E-state index contributed by atoms with van der Waals surface area (Å²) < 4.78 is 45.8. The number of hydrogen-bond acceptors (Lipinski definition) is 6. The molecule has 0 spiro atoms. The van der Waals surface area contributed by atoms with Crippen LogP contribution in [0.2, 0.25) is 0 Å². The fourth-order valence-electron chi connectivity index (χ4n) is 3.22. The number of halogens is 3. The van der Waals surface area contributed by atoms with Crippen LogP contribution in [-0.4, -0.2) is 67.4 Å². The van der Waals surface area contributed by atoms with Gasteiger partial charge in [0.2, 0.25) is 0 Å². The van der Waals surface area contributed by atoms with Crippen LogP contribution in [-0.2, 0) is 17.5 Å². The van der Waals surface area contributed by atoms with Crippen LogP contribution in [0.25, 0.3) is 5.69 Å². The molecule has 2 aromatic rings. The number of aromatic nitrogens is 4. The fraction of sp³-hybridized carbons (Fsp3) is 0.579. The molecule has 0 unspecified atom stereocenters. The number of alkyl halides is 3. The Morgan fingerprint density at radius 1 is 1.23 bits per heavy atom. The van der Waals surface area contributed by atoms with Gasteiger partial charge in [0.25, 0.3) is 0 Å². The first-order valence-corrected chi connectivity index (χ1v) is 9.61. The third-order valence-corrected chi connectivity index (χ3v) is 4.71. The molecule has 2 heterocycles. The van der Waals surface area contributed by atoms with E-state index < -0.39 is 17.3 Å². The lowest BCUT2D eigenvalue weighted by molar-refractivity contribution is -0.137. The largest absolute Gasteiger partial charge is 0.444 e. The Bertz CT molecular complexity index is 893. The van der Waals surface area contributed by atoms with E-state index >= 15 is 0 Å². The van der Waals surface area contributed by atoms with Crippen LogP contribution in [0.5, 0.6) is 0 Å². The highest BCUT2D eigenvalue weighted by atomic mass is 19.4. The highest BCUT2D eigenvalue weighted by Crippen LogP contribution is 2.30. The standard InChI is InChI=1S/C19H25F3N6O2/c1-13-11-27(17(29)30-18(2,3)4)9-8-26(13)12-16-23-24-25-28(16)15-7-5-6-14(10-15)19(20,21)22/h5-7,10,13H,8-9,11-12H2,1-4H3/t13-/m1/s1. The van der Waals surface area contributed by atoms with E-state index in [-0.39, 0.29) is 17.8 Å². The number of tetrazole rings is 1. The summed E-state index contributed by atoms with van der Waals surface area (Å²) in [5.41, 5.74) is -1.09. The molecule has 8 nitrogen and oxygen atoms in total. The maximum atomic E-state index is 13.0. The van der Waals surface area contributed by atoms with Gasteiger partial charge in [-0.3, -0.25) is 4.90 Å². The molecule has 0 bridgehead atoms. The topological polar surface area (TPSA) is 76.4 Å². The van der Waals surface area contributed by atoms with E-state index in [9.17, 15) is 18.0 Å². The summed E-state index contributed by atoms with van der Waals surface area (Å²) >= 11 is 0. The molecule has 30 heavy (non-hydrogen) atoms. The second-order valence-corrected chi connectivity index (χ2v) is 8.30. The van der Waals surface area contributed by atoms with Gasteiger partial charge in [-0.15, -0.1) is 5.10 Å². The third kappa shape index (κ3) is 5.26. The third-order valence-electron chi connectivity index (χ3n) is 4.71. The van der Waals surface area contributed by atoms with E-state index in [0.717, 1.165) is 12.1 Å². The molecule has 1 aliphatic rings. The number of rotatable bonds is 3. The van der Waals surface area contributed by atoms with Gasteiger partial charge in [-0.2, -0.15) is 17.9 Å². The molecule has 1 saturated heterocycles. The summed E-state index contributed by atoms with van der Waals surface area (Å²) in [6, 6.07) is 4.87. The predicted molar refractivity (Wildman–Crippen MR) is 102 cm³/mol. The van der Waals surface area contributed by atoms with Crippen molar-refractivity contribution in [3.8, 4) is 5.69 Å². The van der Waals surface area contributed by atoms with E-state index in [2.05, 4.69) is 20.4 Å². The molecule has 11 heteroatoms. The molecule has 1 aromatic carbocycles. The molecule has 0 N–H and O–H groups in total. The Morgan fingerprint density at radius 2 is 1.97 bits per heavy atom. The lowest BCUT2D eigenvalue weighted by Crippen LogP contribution is -2.54. The van der Waals surface area contributed by atoms with Gasteiger partial charge >= 0.3 is 12.3 Å². The molecule has 1 fully saturated rings. The molecule has 0 radical (unpaired) electrons. The first-order chi connectivity index (χ1) is 13.9. The first kappa shape index (κ1) is 22.0. The Morgan fingerprint density at radius 3 is 2.60 bits per heavy atom. The average Bonchev–Trinajstić information content (AvgIpc) is 3.09. The number of amides is 1. The van der Waals surface area contributed by atoms with Crippen molar-refractivity contribution in [2.24, 2.45) is 0 Å². The Labute approximate surface area is 172 Å². The van der Waals surface area contributed by atoms with Crippen molar-refractivity contribution in [3.05, 3.63) is 35.7 Å². The van der Waals surface area contributed by atoms with Crippen LogP contribution >= 0.6 is 0 Å². The second-order valence-electron chi connectivity index (χ2n) is 8.30. The van der Waals surface area contributed by atoms with E-state index in [1.165, 1.54) is 16.8 Å². The molecule has 164 valence electrons. The van der Waals surface area contributed by atoms with Gasteiger partial charge in [-0.25, -0.2) is 4.79 Å². The molecule has 1 aromatic heterocycles. The highest BCUT2D eigenvalue weighted by molar-refractivity contribution is 5.68. The predicted octanol–water partition coefficient (Wildman–Crippen LogP) is 3.12. The van der Waals surface area contributed by atoms with Crippen LogP contribution in [0.3, 0.4) is 0 Å². The zero-order valence-electron chi connectivity index (χ0n) is 17.3. The maximum absolute atomic E-state index is 13.0. The summed E-state index contributed by atoms with van der Waals surface area (Å²) in [6.45, 7) is 9.27. The average molecular weight is 426 g/mol. The van der Waals surface area contributed by atoms with Crippen molar-refractivity contribution in [3.63, 3.8) is 0 Å². The number of ether oxygens (including phenoxy) is 1. The zero-order valence-corrected chi connectivity index (χ0v) is 17.3. The first-order valence-electron chi connectivity index (χ1n) is 9.61. The minimum absolute atomic E-state index is 0.00192.